The number of likely N-dealkylation sites (tertiary alicyclic amines) is 1. The third kappa shape index (κ3) is 3.28. The average molecular weight is 357 g/mol. The lowest BCUT2D eigenvalue weighted by atomic mass is 9.91. The number of carbonyl (C=O) groups is 1. The molecule has 4 heterocycles. The van der Waals surface area contributed by atoms with Crippen LogP contribution in [0, 0.1) is 11.8 Å². The Morgan fingerprint density at radius 1 is 1.12 bits per heavy atom. The highest BCUT2D eigenvalue weighted by atomic mass is 16.5. The van der Waals surface area contributed by atoms with Crippen LogP contribution in [0.2, 0.25) is 0 Å². The van der Waals surface area contributed by atoms with E-state index < -0.39 is 0 Å². The van der Waals surface area contributed by atoms with Crippen LogP contribution in [0.25, 0.3) is 0 Å². The predicted molar refractivity (Wildman–Crippen MR) is 96.2 cm³/mol. The lowest BCUT2D eigenvalue weighted by Gasteiger charge is -2.34. The number of rotatable bonds is 4. The molecule has 1 amide bonds. The van der Waals surface area contributed by atoms with E-state index in [-0.39, 0.29) is 17.9 Å². The van der Waals surface area contributed by atoms with Crippen LogP contribution in [0.5, 0.6) is 0 Å². The molecule has 0 aliphatic carbocycles. The first kappa shape index (κ1) is 17.3. The maximum absolute atomic E-state index is 13.1. The van der Waals surface area contributed by atoms with Gasteiger partial charge in [-0.25, -0.2) is 9.97 Å². The van der Waals surface area contributed by atoms with E-state index in [9.17, 15) is 4.79 Å². The van der Waals surface area contributed by atoms with Gasteiger partial charge in [-0.3, -0.25) is 4.79 Å². The molecule has 7 heteroatoms. The molecule has 0 spiro atoms. The molecule has 2 atom stereocenters. The van der Waals surface area contributed by atoms with E-state index in [4.69, 9.17) is 4.74 Å². The second kappa shape index (κ2) is 7.23. The van der Waals surface area contributed by atoms with Crippen molar-refractivity contribution in [2.45, 2.75) is 31.8 Å². The van der Waals surface area contributed by atoms with Gasteiger partial charge in [0.15, 0.2) is 0 Å². The Hall–Kier alpha value is -2.15. The van der Waals surface area contributed by atoms with Crippen LogP contribution in [-0.2, 0) is 30.0 Å². The van der Waals surface area contributed by atoms with Gasteiger partial charge >= 0.3 is 0 Å². The normalized spacial score (nSPS) is 24.3. The van der Waals surface area contributed by atoms with Crippen LogP contribution in [0.1, 0.15) is 37.0 Å². The zero-order valence-electron chi connectivity index (χ0n) is 15.5. The minimum atomic E-state index is -0.215. The number of hydrogen-bond donors (Lipinski definition) is 0. The number of imidazole rings is 2. The Morgan fingerprint density at radius 2 is 1.85 bits per heavy atom. The molecule has 0 bridgehead atoms. The summed E-state index contributed by atoms with van der Waals surface area (Å²) in [6.45, 7) is 2.29. The van der Waals surface area contributed by atoms with E-state index in [0.717, 1.165) is 50.4 Å². The van der Waals surface area contributed by atoms with Crippen LogP contribution in [0.4, 0.5) is 0 Å². The summed E-state index contributed by atoms with van der Waals surface area (Å²) in [6, 6.07) is 0. The molecule has 2 aromatic heterocycles. The molecule has 2 aliphatic heterocycles. The van der Waals surface area contributed by atoms with E-state index in [0.29, 0.717) is 12.5 Å². The van der Waals surface area contributed by atoms with Crippen molar-refractivity contribution in [1.29, 1.82) is 0 Å². The summed E-state index contributed by atoms with van der Waals surface area (Å²) in [5.74, 6) is 2.71. The quantitative estimate of drug-likeness (QED) is 0.836. The monoisotopic (exact) mass is 357 g/mol. The van der Waals surface area contributed by atoms with Crippen molar-refractivity contribution in [2.24, 2.45) is 25.9 Å². The smallest absolute Gasteiger partial charge is 0.228 e. The molecule has 0 unspecified atom stereocenters. The zero-order chi connectivity index (χ0) is 18.1. The molecule has 140 valence electrons. The van der Waals surface area contributed by atoms with Crippen LogP contribution in [0.3, 0.4) is 0 Å². The fraction of sp³-hybridized carbons (Fsp3) is 0.632. The first-order valence-corrected chi connectivity index (χ1v) is 9.47. The summed E-state index contributed by atoms with van der Waals surface area (Å²) in [5.41, 5.74) is 0. The summed E-state index contributed by atoms with van der Waals surface area (Å²) >= 11 is 0. The predicted octanol–water partition coefficient (Wildman–Crippen LogP) is 1.71. The minimum absolute atomic E-state index is 0.109. The van der Waals surface area contributed by atoms with Gasteiger partial charge < -0.3 is 18.8 Å². The number of nitrogens with zero attached hydrogens (tertiary/aromatic N) is 5. The molecule has 2 saturated heterocycles. The number of carbonyl (C=O) groups excluding carboxylic acids is 1. The largest absolute Gasteiger partial charge is 0.369 e. The van der Waals surface area contributed by atoms with Crippen LogP contribution in [0.15, 0.2) is 24.8 Å². The lowest BCUT2D eigenvalue weighted by Crippen LogP contribution is -2.43. The lowest BCUT2D eigenvalue weighted by molar-refractivity contribution is -0.139. The summed E-state index contributed by atoms with van der Waals surface area (Å²) in [4.78, 5) is 23.9. The highest BCUT2D eigenvalue weighted by Crippen LogP contribution is 2.35. The number of ether oxygens (including phenoxy) is 1. The molecule has 4 rings (SSSR count). The molecule has 0 radical (unpaired) electrons. The molecule has 26 heavy (non-hydrogen) atoms. The van der Waals surface area contributed by atoms with Gasteiger partial charge in [-0.15, -0.1) is 0 Å². The average Bonchev–Trinajstić information content (AvgIpc) is 3.37. The maximum Gasteiger partial charge on any atom is 0.228 e. The third-order valence-corrected chi connectivity index (χ3v) is 5.84. The van der Waals surface area contributed by atoms with Crippen molar-refractivity contribution in [3.05, 3.63) is 36.4 Å². The molecule has 7 nitrogen and oxygen atoms in total. The Labute approximate surface area is 154 Å². The maximum atomic E-state index is 13.1. The summed E-state index contributed by atoms with van der Waals surface area (Å²) in [6.07, 6.45) is 11.2. The van der Waals surface area contributed by atoms with Gasteiger partial charge in [0, 0.05) is 65.0 Å². The molecular weight excluding hydrogens is 330 g/mol. The SMILES string of the molecule is Cn1ccnc1CC1CCN(C(=O)[C@@H]2CCO[C@H]2c2nccn2C)CC1. The number of piperidine rings is 1. The van der Waals surface area contributed by atoms with E-state index in [1.807, 2.05) is 42.2 Å². The minimum Gasteiger partial charge on any atom is -0.369 e. The van der Waals surface area contributed by atoms with Gasteiger partial charge in [0.05, 0.1) is 5.92 Å². The first-order chi connectivity index (χ1) is 12.6. The standard InChI is InChI=1S/C19H27N5O2/c1-22-10-6-20-16(22)13-14-3-8-24(9-4-14)19(25)15-5-12-26-17(15)18-21-7-11-23(18)2/h6-7,10-11,14-15,17H,3-5,8-9,12-13H2,1-2H3/t15-,17-/m1/s1. The summed E-state index contributed by atoms with van der Waals surface area (Å²) in [5, 5.41) is 0. The van der Waals surface area contributed by atoms with Crippen LogP contribution < -0.4 is 0 Å². The van der Waals surface area contributed by atoms with E-state index in [2.05, 4.69) is 14.5 Å². The second-order valence-electron chi connectivity index (χ2n) is 7.51. The molecule has 0 saturated carbocycles. The van der Waals surface area contributed by atoms with Gasteiger partial charge in [-0.1, -0.05) is 0 Å². The van der Waals surface area contributed by atoms with Crippen molar-refractivity contribution in [3.63, 3.8) is 0 Å². The first-order valence-electron chi connectivity index (χ1n) is 9.47. The van der Waals surface area contributed by atoms with Crippen molar-refractivity contribution in [2.75, 3.05) is 19.7 Å². The van der Waals surface area contributed by atoms with Gasteiger partial charge in [0.2, 0.25) is 5.91 Å². The number of aromatic nitrogens is 4. The molecule has 2 aliphatic rings. The molecular formula is C19H27N5O2. The summed E-state index contributed by atoms with van der Waals surface area (Å²) < 4.78 is 9.91. The van der Waals surface area contributed by atoms with Crippen molar-refractivity contribution < 1.29 is 9.53 Å². The van der Waals surface area contributed by atoms with Crippen LogP contribution in [-0.4, -0.2) is 49.6 Å². The van der Waals surface area contributed by atoms with Gasteiger partial charge in [-0.05, 0) is 25.2 Å². The van der Waals surface area contributed by atoms with Gasteiger partial charge in [0.25, 0.3) is 0 Å². The van der Waals surface area contributed by atoms with E-state index in [1.54, 1.807) is 6.20 Å². The Bertz CT molecular complexity index is 760. The second-order valence-corrected chi connectivity index (χ2v) is 7.51. The van der Waals surface area contributed by atoms with Gasteiger partial charge in [-0.2, -0.15) is 0 Å². The van der Waals surface area contributed by atoms with Crippen LogP contribution >= 0.6 is 0 Å². The van der Waals surface area contributed by atoms with E-state index in [1.165, 1.54) is 0 Å². The molecule has 0 N–H and O–H groups in total. The van der Waals surface area contributed by atoms with E-state index >= 15 is 0 Å². The highest BCUT2D eigenvalue weighted by Gasteiger charge is 2.40. The fourth-order valence-electron chi connectivity index (χ4n) is 4.19. The Morgan fingerprint density at radius 3 is 2.50 bits per heavy atom. The topological polar surface area (TPSA) is 65.2 Å². The Kier molecular flexibility index (Phi) is 4.80. The number of hydrogen-bond acceptors (Lipinski definition) is 4. The van der Waals surface area contributed by atoms with Crippen molar-refractivity contribution >= 4 is 5.91 Å². The zero-order valence-corrected chi connectivity index (χ0v) is 15.5. The summed E-state index contributed by atoms with van der Waals surface area (Å²) in [7, 11) is 3.99. The van der Waals surface area contributed by atoms with Gasteiger partial charge in [0.1, 0.15) is 17.8 Å². The molecule has 0 aromatic carbocycles. The number of aryl methyl sites for hydroxylation is 2. The van der Waals surface area contributed by atoms with Crippen molar-refractivity contribution in [1.82, 2.24) is 24.0 Å². The number of amides is 1. The third-order valence-electron chi connectivity index (χ3n) is 5.84. The van der Waals surface area contributed by atoms with Crippen molar-refractivity contribution in [3.8, 4) is 0 Å². The fourth-order valence-corrected chi connectivity index (χ4v) is 4.19. The molecule has 2 aromatic rings. The molecule has 2 fully saturated rings. The Balaban J connectivity index is 1.36. The highest BCUT2D eigenvalue weighted by molar-refractivity contribution is 5.80.